The van der Waals surface area contributed by atoms with Gasteiger partial charge in [0.15, 0.2) is 5.78 Å². The lowest BCUT2D eigenvalue weighted by Gasteiger charge is -2.17. The summed E-state index contributed by atoms with van der Waals surface area (Å²) in [5.41, 5.74) is -2.21. The molecule has 12 heteroatoms. The second-order valence-corrected chi connectivity index (χ2v) is 5.72. The number of alkyl halides is 3. The average Bonchev–Trinajstić information content (AvgIpc) is 2.67. The zero-order valence-corrected chi connectivity index (χ0v) is 15.2. The number of aromatic nitrogens is 1. The minimum atomic E-state index is -4.85. The summed E-state index contributed by atoms with van der Waals surface area (Å²) in [6.45, 7) is 0. The van der Waals surface area contributed by atoms with Gasteiger partial charge >= 0.3 is 12.3 Å². The lowest BCUT2D eigenvalue weighted by molar-refractivity contribution is -0.138. The van der Waals surface area contributed by atoms with Gasteiger partial charge in [0.1, 0.15) is 17.5 Å². The third kappa shape index (κ3) is 5.44. The SMILES string of the molecule is COc1cc(NC(=O)O)c(NC(=O)CC(=O)c2ccnc(C#N)c2)cc1C(F)(F)F. The molecule has 1 aromatic carbocycles. The summed E-state index contributed by atoms with van der Waals surface area (Å²) in [5.74, 6) is -2.38. The van der Waals surface area contributed by atoms with Crippen LogP contribution in [0.2, 0.25) is 0 Å². The van der Waals surface area contributed by atoms with Crippen molar-refractivity contribution in [2.75, 3.05) is 17.7 Å². The van der Waals surface area contributed by atoms with E-state index in [1.54, 1.807) is 6.07 Å². The smallest absolute Gasteiger partial charge is 0.420 e. The quantitative estimate of drug-likeness (QED) is 0.479. The number of nitrogens with one attached hydrogen (secondary N) is 2. The van der Waals surface area contributed by atoms with Crippen molar-refractivity contribution in [3.63, 3.8) is 0 Å². The first-order valence-electron chi connectivity index (χ1n) is 8.03. The van der Waals surface area contributed by atoms with Gasteiger partial charge < -0.3 is 15.2 Å². The zero-order chi connectivity index (χ0) is 22.5. The van der Waals surface area contributed by atoms with Gasteiger partial charge in [-0.05, 0) is 18.2 Å². The Kier molecular flexibility index (Phi) is 6.58. The molecule has 0 aliphatic heterocycles. The molecule has 0 saturated carbocycles. The highest BCUT2D eigenvalue weighted by Crippen LogP contribution is 2.41. The Morgan fingerprint density at radius 3 is 2.43 bits per heavy atom. The lowest BCUT2D eigenvalue weighted by Crippen LogP contribution is -2.20. The van der Waals surface area contributed by atoms with Gasteiger partial charge in [0.05, 0.1) is 30.5 Å². The number of nitriles is 1. The number of ketones is 1. The number of pyridine rings is 1. The lowest BCUT2D eigenvalue weighted by atomic mass is 10.1. The molecule has 2 rings (SSSR count). The first-order chi connectivity index (χ1) is 14.0. The molecular formula is C18H13F3N4O5. The number of rotatable bonds is 6. The fraction of sp³-hybridized carbons (Fsp3) is 0.167. The van der Waals surface area contributed by atoms with Crippen LogP contribution in [-0.4, -0.2) is 35.0 Å². The van der Waals surface area contributed by atoms with E-state index in [4.69, 9.17) is 10.4 Å². The summed E-state index contributed by atoms with van der Waals surface area (Å²) in [6, 6.07) is 5.40. The van der Waals surface area contributed by atoms with Crippen molar-refractivity contribution < 1.29 is 37.4 Å². The molecule has 9 nitrogen and oxygen atoms in total. The molecule has 0 unspecified atom stereocenters. The van der Waals surface area contributed by atoms with Crippen LogP contribution in [0.4, 0.5) is 29.3 Å². The highest BCUT2D eigenvalue weighted by Gasteiger charge is 2.35. The third-order valence-electron chi connectivity index (χ3n) is 3.68. The first-order valence-corrected chi connectivity index (χ1v) is 8.03. The number of hydrogen-bond donors (Lipinski definition) is 3. The monoisotopic (exact) mass is 422 g/mol. The average molecular weight is 422 g/mol. The Morgan fingerprint density at radius 2 is 1.87 bits per heavy atom. The molecular weight excluding hydrogens is 409 g/mol. The standard InChI is InChI=1S/C18H13F3N4O5/c1-30-15-6-13(25-17(28)29)12(5-11(15)18(19,20)21)24-16(27)7-14(26)9-2-3-23-10(4-9)8-22/h2-6,25H,7H2,1H3,(H,24,27)(H,28,29). The Balaban J connectivity index is 2.32. The van der Waals surface area contributed by atoms with E-state index < -0.39 is 47.4 Å². The van der Waals surface area contributed by atoms with E-state index in [1.165, 1.54) is 12.3 Å². The molecule has 3 N–H and O–H groups in total. The van der Waals surface area contributed by atoms with Gasteiger partial charge in [-0.2, -0.15) is 18.4 Å². The third-order valence-corrected chi connectivity index (χ3v) is 3.68. The van der Waals surface area contributed by atoms with Crippen molar-refractivity contribution in [1.82, 2.24) is 4.98 Å². The molecule has 1 heterocycles. The maximum absolute atomic E-state index is 13.2. The van der Waals surface area contributed by atoms with E-state index >= 15 is 0 Å². The van der Waals surface area contributed by atoms with Crippen LogP contribution in [0, 0.1) is 11.3 Å². The molecule has 30 heavy (non-hydrogen) atoms. The number of carbonyl (C=O) groups is 3. The molecule has 156 valence electrons. The summed E-state index contributed by atoms with van der Waals surface area (Å²) < 4.78 is 44.3. The van der Waals surface area contributed by atoms with Crippen LogP contribution in [0.5, 0.6) is 5.75 Å². The van der Waals surface area contributed by atoms with Crippen LogP contribution in [0.25, 0.3) is 0 Å². The Labute approximate surface area is 167 Å². The number of carbonyl (C=O) groups excluding carboxylic acids is 2. The number of anilines is 2. The predicted molar refractivity (Wildman–Crippen MR) is 96.2 cm³/mol. The molecule has 0 fully saturated rings. The Bertz CT molecular complexity index is 1050. The molecule has 0 saturated heterocycles. The number of carboxylic acid groups (broad SMARTS) is 1. The molecule has 0 radical (unpaired) electrons. The van der Waals surface area contributed by atoms with E-state index in [0.717, 1.165) is 19.2 Å². The van der Waals surface area contributed by atoms with E-state index in [9.17, 15) is 27.6 Å². The fourth-order valence-electron chi connectivity index (χ4n) is 2.40. The Hall–Kier alpha value is -4.14. The van der Waals surface area contributed by atoms with Gasteiger partial charge in [-0.25, -0.2) is 9.78 Å². The van der Waals surface area contributed by atoms with Crippen molar-refractivity contribution in [1.29, 1.82) is 5.26 Å². The minimum Gasteiger partial charge on any atom is -0.496 e. The van der Waals surface area contributed by atoms with Gasteiger partial charge in [0.2, 0.25) is 5.91 Å². The van der Waals surface area contributed by atoms with Crippen molar-refractivity contribution in [2.24, 2.45) is 0 Å². The van der Waals surface area contributed by atoms with Gasteiger partial charge in [-0.15, -0.1) is 0 Å². The number of nitrogens with zero attached hydrogens (tertiary/aromatic N) is 2. The summed E-state index contributed by atoms with van der Waals surface area (Å²) in [4.78, 5) is 39.0. The largest absolute Gasteiger partial charge is 0.496 e. The molecule has 0 atom stereocenters. The maximum Gasteiger partial charge on any atom is 0.420 e. The van der Waals surface area contributed by atoms with Crippen molar-refractivity contribution in [3.8, 4) is 11.8 Å². The van der Waals surface area contributed by atoms with Crippen molar-refractivity contribution >= 4 is 29.2 Å². The van der Waals surface area contributed by atoms with Crippen molar-refractivity contribution in [3.05, 3.63) is 47.3 Å². The molecule has 2 amide bonds. The molecule has 1 aromatic heterocycles. The number of hydrogen-bond acceptors (Lipinski definition) is 6. The van der Waals surface area contributed by atoms with E-state index in [-0.39, 0.29) is 16.9 Å². The summed E-state index contributed by atoms with van der Waals surface area (Å²) >= 11 is 0. The summed E-state index contributed by atoms with van der Waals surface area (Å²) in [5, 5.41) is 21.6. The molecule has 2 aromatic rings. The van der Waals surface area contributed by atoms with Gasteiger partial charge in [0.25, 0.3) is 0 Å². The van der Waals surface area contributed by atoms with Crippen LogP contribution in [0.15, 0.2) is 30.5 Å². The zero-order valence-electron chi connectivity index (χ0n) is 15.2. The predicted octanol–water partition coefficient (Wildman–Crippen LogP) is 3.28. The number of halogens is 3. The number of benzene rings is 1. The molecule has 0 bridgehead atoms. The second-order valence-electron chi connectivity index (χ2n) is 5.72. The number of Topliss-reactive ketones (excluding diaryl/α,β-unsaturated/α-hetero) is 1. The van der Waals surface area contributed by atoms with Gasteiger partial charge in [-0.1, -0.05) is 0 Å². The number of amides is 2. The maximum atomic E-state index is 13.2. The highest BCUT2D eigenvalue weighted by atomic mass is 19.4. The van der Waals surface area contributed by atoms with Crippen LogP contribution in [0.1, 0.15) is 28.0 Å². The molecule has 0 spiro atoms. The summed E-state index contributed by atoms with van der Waals surface area (Å²) in [7, 11) is 0.969. The molecule has 0 aliphatic carbocycles. The van der Waals surface area contributed by atoms with Crippen molar-refractivity contribution in [2.45, 2.75) is 12.6 Å². The van der Waals surface area contributed by atoms with Crippen LogP contribution >= 0.6 is 0 Å². The van der Waals surface area contributed by atoms with Crippen LogP contribution in [0.3, 0.4) is 0 Å². The van der Waals surface area contributed by atoms with E-state index in [1.807, 2.05) is 5.32 Å². The normalized spacial score (nSPS) is 10.6. The second kappa shape index (κ2) is 8.91. The fourth-order valence-corrected chi connectivity index (χ4v) is 2.40. The van der Waals surface area contributed by atoms with Crippen LogP contribution < -0.4 is 15.4 Å². The van der Waals surface area contributed by atoms with Gasteiger partial charge in [0, 0.05) is 17.8 Å². The van der Waals surface area contributed by atoms with E-state index in [2.05, 4.69) is 15.0 Å². The molecule has 0 aliphatic rings. The van der Waals surface area contributed by atoms with Gasteiger partial charge in [-0.3, -0.25) is 14.9 Å². The first kappa shape index (κ1) is 22.2. The Morgan fingerprint density at radius 1 is 1.20 bits per heavy atom. The summed E-state index contributed by atoms with van der Waals surface area (Å²) in [6.07, 6.45) is -6.02. The minimum absolute atomic E-state index is 0.00583. The topological polar surface area (TPSA) is 141 Å². The highest BCUT2D eigenvalue weighted by molar-refractivity contribution is 6.12. The van der Waals surface area contributed by atoms with Crippen LogP contribution in [-0.2, 0) is 11.0 Å². The van der Waals surface area contributed by atoms with E-state index in [0.29, 0.717) is 6.07 Å². The number of methoxy groups -OCH3 is 1. The number of ether oxygens (including phenoxy) is 1.